The number of ether oxygens (including phenoxy) is 1. The fourth-order valence-corrected chi connectivity index (χ4v) is 6.90. The predicted octanol–water partition coefficient (Wildman–Crippen LogP) is 5.54. The molecule has 3 heterocycles. The van der Waals surface area contributed by atoms with Gasteiger partial charge in [0, 0.05) is 44.0 Å². The van der Waals surface area contributed by atoms with Crippen molar-refractivity contribution in [3.8, 4) is 0 Å². The van der Waals surface area contributed by atoms with Crippen molar-refractivity contribution >= 4 is 29.6 Å². The molecule has 0 aromatic heterocycles. The molecule has 3 amide bonds. The number of anilines is 1. The second-order valence-electron chi connectivity index (χ2n) is 13.7. The minimum absolute atomic E-state index is 0.0312. The monoisotopic (exact) mass is 618 g/mol. The Bertz CT molecular complexity index is 1390. The quantitative estimate of drug-likeness (QED) is 0.436. The number of aliphatic carboxylic acids is 1. The summed E-state index contributed by atoms with van der Waals surface area (Å²) >= 11 is 0. The number of carboxylic acids is 1. The lowest BCUT2D eigenvalue weighted by atomic mass is 9.79. The van der Waals surface area contributed by atoms with E-state index in [4.69, 9.17) is 4.74 Å². The number of hydrogen-bond donors (Lipinski definition) is 2. The van der Waals surface area contributed by atoms with Gasteiger partial charge in [-0.25, -0.2) is 4.79 Å². The van der Waals surface area contributed by atoms with Crippen LogP contribution in [0.5, 0.6) is 0 Å². The molecule has 0 aliphatic carbocycles. The number of piperidine rings is 2. The van der Waals surface area contributed by atoms with E-state index in [0.29, 0.717) is 49.3 Å². The smallest absolute Gasteiger partial charge is 0.410 e. The molecule has 2 aromatic rings. The van der Waals surface area contributed by atoms with Crippen molar-refractivity contribution in [3.05, 3.63) is 65.2 Å². The highest BCUT2D eigenvalue weighted by Gasteiger charge is 2.36. The van der Waals surface area contributed by atoms with Crippen molar-refractivity contribution in [2.24, 2.45) is 11.8 Å². The number of carbonyl (C=O) groups is 4. The van der Waals surface area contributed by atoms with E-state index in [2.05, 4.69) is 5.32 Å². The third-order valence-corrected chi connectivity index (χ3v) is 9.42. The Kier molecular flexibility index (Phi) is 9.70. The van der Waals surface area contributed by atoms with Crippen LogP contribution in [0.3, 0.4) is 0 Å². The first-order valence-electron chi connectivity index (χ1n) is 16.1. The van der Waals surface area contributed by atoms with Crippen molar-refractivity contribution in [1.82, 2.24) is 14.7 Å². The van der Waals surface area contributed by atoms with E-state index in [1.54, 1.807) is 17.0 Å². The molecule has 10 heteroatoms. The molecule has 2 saturated heterocycles. The van der Waals surface area contributed by atoms with Crippen molar-refractivity contribution in [1.29, 1.82) is 0 Å². The van der Waals surface area contributed by atoms with Crippen LogP contribution in [0.15, 0.2) is 48.5 Å². The number of rotatable bonds is 6. The van der Waals surface area contributed by atoms with E-state index >= 15 is 0 Å². The number of amides is 3. The average Bonchev–Trinajstić information content (AvgIpc) is 3.15. The normalized spacial score (nSPS) is 20.6. The molecule has 10 nitrogen and oxygen atoms in total. The second-order valence-corrected chi connectivity index (χ2v) is 13.7. The van der Waals surface area contributed by atoms with Crippen molar-refractivity contribution < 1.29 is 29.0 Å². The summed E-state index contributed by atoms with van der Waals surface area (Å²) in [5, 5.41) is 12.7. The topological polar surface area (TPSA) is 119 Å². The van der Waals surface area contributed by atoms with Gasteiger partial charge in [-0.05, 0) is 94.5 Å². The maximum Gasteiger partial charge on any atom is 0.410 e. The van der Waals surface area contributed by atoms with Crippen molar-refractivity contribution in [2.45, 2.75) is 84.0 Å². The van der Waals surface area contributed by atoms with Gasteiger partial charge in [0.05, 0.1) is 12.5 Å². The molecule has 0 saturated carbocycles. The Balaban J connectivity index is 1.23. The van der Waals surface area contributed by atoms with Gasteiger partial charge < -0.3 is 29.9 Å². The van der Waals surface area contributed by atoms with E-state index in [1.807, 2.05) is 73.9 Å². The number of carbonyl (C=O) groups excluding carboxylic acids is 3. The molecule has 5 rings (SSSR count). The first-order chi connectivity index (χ1) is 21.4. The third kappa shape index (κ3) is 7.78. The Labute approximate surface area is 265 Å². The van der Waals surface area contributed by atoms with E-state index in [-0.39, 0.29) is 36.9 Å². The van der Waals surface area contributed by atoms with E-state index in [1.165, 1.54) is 0 Å². The Morgan fingerprint density at radius 2 is 1.53 bits per heavy atom. The summed E-state index contributed by atoms with van der Waals surface area (Å²) in [7, 11) is 0. The first kappa shape index (κ1) is 32.3. The lowest BCUT2D eigenvalue weighted by Crippen LogP contribution is -2.45. The van der Waals surface area contributed by atoms with Gasteiger partial charge in [-0.2, -0.15) is 0 Å². The number of carboxylic acid groups (broad SMARTS) is 1. The molecule has 0 bridgehead atoms. The summed E-state index contributed by atoms with van der Waals surface area (Å²) in [6.45, 7) is 10.6. The molecule has 45 heavy (non-hydrogen) atoms. The van der Waals surface area contributed by atoms with Crippen molar-refractivity contribution in [3.63, 3.8) is 0 Å². The highest BCUT2D eigenvalue weighted by atomic mass is 16.6. The number of likely N-dealkylation sites (tertiary alicyclic amines) is 2. The van der Waals surface area contributed by atoms with Crippen molar-refractivity contribution in [2.75, 3.05) is 31.5 Å². The largest absolute Gasteiger partial charge is 0.481 e. The summed E-state index contributed by atoms with van der Waals surface area (Å²) in [5.41, 5.74) is 2.48. The van der Waals surface area contributed by atoms with E-state index in [0.717, 1.165) is 36.8 Å². The fraction of sp³-hybridized carbons (Fsp3) is 0.543. The van der Waals surface area contributed by atoms with Gasteiger partial charge in [-0.15, -0.1) is 0 Å². The molecule has 0 radical (unpaired) electrons. The zero-order valence-electron chi connectivity index (χ0n) is 26.8. The van der Waals surface area contributed by atoms with Gasteiger partial charge >= 0.3 is 12.1 Å². The molecule has 3 aliphatic rings. The van der Waals surface area contributed by atoms with Crippen LogP contribution in [-0.2, 0) is 20.9 Å². The molecule has 2 unspecified atom stereocenters. The zero-order valence-corrected chi connectivity index (χ0v) is 26.8. The summed E-state index contributed by atoms with van der Waals surface area (Å²) in [4.78, 5) is 56.8. The number of hydrogen-bond acceptors (Lipinski definition) is 6. The van der Waals surface area contributed by atoms with Crippen LogP contribution >= 0.6 is 0 Å². The Morgan fingerprint density at radius 3 is 2.11 bits per heavy atom. The standard InChI is InChI=1S/C35H46N4O6/c1-23(24-8-6-5-7-9-24)39-22-28-20-27(10-11-29(28)36-30(33(39)43)21-31(40)41)32(42)37-16-12-25(13-17-37)26-14-18-38(19-15-26)34(44)45-35(2,3)4/h5-11,20,23,25-26,30,36H,12-19,21-22H2,1-4H3,(H,40,41). The molecular weight excluding hydrogens is 572 g/mol. The van der Waals surface area contributed by atoms with Gasteiger partial charge in [-0.1, -0.05) is 30.3 Å². The summed E-state index contributed by atoms with van der Waals surface area (Å²) in [6.07, 6.45) is 3.19. The minimum atomic E-state index is -1.06. The fourth-order valence-electron chi connectivity index (χ4n) is 6.90. The summed E-state index contributed by atoms with van der Waals surface area (Å²) in [6, 6.07) is 13.9. The molecule has 2 aromatic carbocycles. The van der Waals surface area contributed by atoms with Gasteiger partial charge in [-0.3, -0.25) is 14.4 Å². The molecule has 2 atom stereocenters. The van der Waals surface area contributed by atoms with Gasteiger partial charge in [0.15, 0.2) is 0 Å². The lowest BCUT2D eigenvalue weighted by molar-refractivity contribution is -0.142. The molecule has 242 valence electrons. The van der Waals surface area contributed by atoms with Gasteiger partial charge in [0.2, 0.25) is 5.91 Å². The number of fused-ring (bicyclic) bond motifs is 1. The Hall–Kier alpha value is -4.08. The van der Waals surface area contributed by atoms with E-state index < -0.39 is 17.6 Å². The van der Waals surface area contributed by atoms with Crippen LogP contribution in [-0.4, -0.2) is 81.5 Å². The summed E-state index contributed by atoms with van der Waals surface area (Å²) in [5.74, 6) is -0.307. The van der Waals surface area contributed by atoms with Crippen LogP contribution < -0.4 is 5.32 Å². The highest BCUT2D eigenvalue weighted by molar-refractivity contribution is 5.96. The molecular formula is C35H46N4O6. The van der Waals surface area contributed by atoms with Crippen LogP contribution in [0, 0.1) is 11.8 Å². The lowest BCUT2D eigenvalue weighted by Gasteiger charge is -2.40. The number of benzene rings is 2. The molecule has 3 aliphatic heterocycles. The van der Waals surface area contributed by atoms with Gasteiger partial charge in [0.1, 0.15) is 11.6 Å². The average molecular weight is 619 g/mol. The van der Waals surface area contributed by atoms with Crippen LogP contribution in [0.2, 0.25) is 0 Å². The molecule has 2 N–H and O–H groups in total. The van der Waals surface area contributed by atoms with Crippen LogP contribution in [0.25, 0.3) is 0 Å². The maximum atomic E-state index is 13.7. The molecule has 2 fully saturated rings. The third-order valence-electron chi connectivity index (χ3n) is 9.42. The van der Waals surface area contributed by atoms with Crippen LogP contribution in [0.4, 0.5) is 10.5 Å². The Morgan fingerprint density at radius 1 is 0.933 bits per heavy atom. The minimum Gasteiger partial charge on any atom is -0.481 e. The van der Waals surface area contributed by atoms with Crippen LogP contribution in [0.1, 0.15) is 87.3 Å². The maximum absolute atomic E-state index is 13.7. The second kappa shape index (κ2) is 13.5. The number of nitrogens with one attached hydrogen (secondary N) is 1. The predicted molar refractivity (Wildman–Crippen MR) is 171 cm³/mol. The zero-order chi connectivity index (χ0) is 32.3. The molecule has 0 spiro atoms. The first-order valence-corrected chi connectivity index (χ1v) is 16.1. The highest BCUT2D eigenvalue weighted by Crippen LogP contribution is 2.35. The number of nitrogens with zero attached hydrogens (tertiary/aromatic N) is 3. The van der Waals surface area contributed by atoms with E-state index in [9.17, 15) is 24.3 Å². The van der Waals surface area contributed by atoms with Gasteiger partial charge in [0.25, 0.3) is 5.91 Å². The summed E-state index contributed by atoms with van der Waals surface area (Å²) < 4.78 is 5.54. The SMILES string of the molecule is CC(c1ccccc1)N1Cc2cc(C(=O)N3CCC(C4CCN(C(=O)OC(C)(C)C)CC4)CC3)ccc2NC(CC(=O)O)C1=O.